The quantitative estimate of drug-likeness (QED) is 0.417. The van der Waals surface area contributed by atoms with Crippen molar-refractivity contribution in [2.24, 2.45) is 0 Å². The van der Waals surface area contributed by atoms with Gasteiger partial charge in [0.2, 0.25) is 11.7 Å². The van der Waals surface area contributed by atoms with Crippen LogP contribution in [0.5, 0.6) is 17.2 Å². The number of benzene rings is 2. The van der Waals surface area contributed by atoms with Gasteiger partial charge in [-0.1, -0.05) is 17.3 Å². The molecule has 0 bridgehead atoms. The van der Waals surface area contributed by atoms with Gasteiger partial charge in [-0.25, -0.2) is 4.68 Å². The fraction of sp³-hybridized carbons (Fsp3) is 0.217. The third-order valence-electron chi connectivity index (χ3n) is 4.85. The molecule has 2 heterocycles. The average Bonchev–Trinajstić information content (AvgIpc) is 3.32. The van der Waals surface area contributed by atoms with Crippen LogP contribution < -0.4 is 19.8 Å². The fourth-order valence-corrected chi connectivity index (χ4v) is 3.16. The second kappa shape index (κ2) is 9.34. The number of aryl methyl sites for hydroxylation is 2. The smallest absolute Gasteiger partial charge is 0.266 e. The Labute approximate surface area is 184 Å². The minimum Gasteiger partial charge on any atom is -0.497 e. The molecule has 4 rings (SSSR count). The summed E-state index contributed by atoms with van der Waals surface area (Å²) in [4.78, 5) is 16.7. The zero-order chi connectivity index (χ0) is 22.5. The predicted molar refractivity (Wildman–Crippen MR) is 117 cm³/mol. The van der Waals surface area contributed by atoms with Gasteiger partial charge in [0.15, 0.2) is 0 Å². The molecule has 0 unspecified atom stereocenters. The van der Waals surface area contributed by atoms with E-state index in [1.165, 1.54) is 10.7 Å². The third kappa shape index (κ3) is 4.61. The van der Waals surface area contributed by atoms with Crippen molar-refractivity contribution in [2.45, 2.75) is 13.0 Å². The molecule has 0 spiro atoms. The van der Waals surface area contributed by atoms with Gasteiger partial charge in [0, 0.05) is 29.7 Å². The summed E-state index contributed by atoms with van der Waals surface area (Å²) in [6, 6.07) is 16.0. The molecule has 4 aromatic rings. The second-order valence-corrected chi connectivity index (χ2v) is 6.87. The van der Waals surface area contributed by atoms with E-state index in [1.807, 2.05) is 24.3 Å². The lowest BCUT2D eigenvalue weighted by Gasteiger charge is -2.07. The van der Waals surface area contributed by atoms with Crippen molar-refractivity contribution >= 4 is 0 Å². The molecule has 0 amide bonds. The van der Waals surface area contributed by atoms with Crippen molar-refractivity contribution in [3.8, 4) is 39.9 Å². The maximum atomic E-state index is 12.3. The van der Waals surface area contributed by atoms with Crippen LogP contribution in [-0.2, 0) is 13.0 Å². The molecule has 9 nitrogen and oxygen atoms in total. The van der Waals surface area contributed by atoms with Crippen LogP contribution in [0.4, 0.5) is 0 Å². The molecule has 32 heavy (non-hydrogen) atoms. The first-order chi connectivity index (χ1) is 15.6. The topological polar surface area (TPSA) is 102 Å². The predicted octanol–water partition coefficient (Wildman–Crippen LogP) is 3.23. The number of rotatable bonds is 8. The zero-order valence-corrected chi connectivity index (χ0v) is 17.9. The monoisotopic (exact) mass is 434 g/mol. The maximum Gasteiger partial charge on any atom is 0.266 e. The molecule has 0 fully saturated rings. The summed E-state index contributed by atoms with van der Waals surface area (Å²) < 4.78 is 22.6. The van der Waals surface area contributed by atoms with E-state index in [0.29, 0.717) is 47.4 Å². The van der Waals surface area contributed by atoms with Crippen molar-refractivity contribution in [1.29, 1.82) is 0 Å². The SMILES string of the molecule is COc1cccc(-c2ccc(=O)n(CCc3nc(-c4cc(OC)cc(OC)c4)no3)n2)c1. The lowest BCUT2D eigenvalue weighted by molar-refractivity contribution is 0.367. The summed E-state index contributed by atoms with van der Waals surface area (Å²) in [5.74, 6) is 2.76. The number of hydrogen-bond acceptors (Lipinski definition) is 8. The zero-order valence-electron chi connectivity index (χ0n) is 17.9. The number of hydrogen-bond donors (Lipinski definition) is 0. The lowest BCUT2D eigenvalue weighted by Crippen LogP contribution is -2.23. The first-order valence-electron chi connectivity index (χ1n) is 9.88. The molecule has 0 N–H and O–H groups in total. The van der Waals surface area contributed by atoms with E-state index in [4.69, 9.17) is 18.7 Å². The van der Waals surface area contributed by atoms with Crippen molar-refractivity contribution in [3.63, 3.8) is 0 Å². The Morgan fingerprint density at radius 1 is 0.875 bits per heavy atom. The summed E-state index contributed by atoms with van der Waals surface area (Å²) in [7, 11) is 4.75. The molecule has 2 aromatic heterocycles. The van der Waals surface area contributed by atoms with Crippen molar-refractivity contribution in [1.82, 2.24) is 19.9 Å². The summed E-state index contributed by atoms with van der Waals surface area (Å²) >= 11 is 0. The van der Waals surface area contributed by atoms with E-state index in [2.05, 4.69) is 15.2 Å². The Bertz CT molecular complexity index is 1260. The van der Waals surface area contributed by atoms with E-state index in [-0.39, 0.29) is 5.56 Å². The van der Waals surface area contributed by atoms with Crippen LogP contribution in [-0.4, -0.2) is 41.3 Å². The minimum absolute atomic E-state index is 0.214. The molecule has 0 saturated heterocycles. The molecule has 0 aliphatic carbocycles. The van der Waals surface area contributed by atoms with Crippen LogP contribution in [0.1, 0.15) is 5.89 Å². The van der Waals surface area contributed by atoms with Gasteiger partial charge in [-0.15, -0.1) is 0 Å². The van der Waals surface area contributed by atoms with Gasteiger partial charge in [-0.05, 0) is 30.3 Å². The second-order valence-electron chi connectivity index (χ2n) is 6.87. The lowest BCUT2D eigenvalue weighted by atomic mass is 10.1. The van der Waals surface area contributed by atoms with Gasteiger partial charge in [-0.3, -0.25) is 4.79 Å². The molecular formula is C23H22N4O5. The van der Waals surface area contributed by atoms with Crippen LogP contribution in [0.3, 0.4) is 0 Å². The van der Waals surface area contributed by atoms with E-state index >= 15 is 0 Å². The van der Waals surface area contributed by atoms with Gasteiger partial charge in [0.1, 0.15) is 17.2 Å². The van der Waals surface area contributed by atoms with Crippen LogP contribution in [0.2, 0.25) is 0 Å². The molecule has 2 aromatic carbocycles. The molecular weight excluding hydrogens is 412 g/mol. The largest absolute Gasteiger partial charge is 0.497 e. The van der Waals surface area contributed by atoms with E-state index in [0.717, 1.165) is 11.3 Å². The Hall–Kier alpha value is -4.14. The van der Waals surface area contributed by atoms with Crippen molar-refractivity contribution < 1.29 is 18.7 Å². The third-order valence-corrected chi connectivity index (χ3v) is 4.85. The normalized spacial score (nSPS) is 10.7. The maximum absolute atomic E-state index is 12.3. The minimum atomic E-state index is -0.214. The van der Waals surface area contributed by atoms with Crippen molar-refractivity contribution in [2.75, 3.05) is 21.3 Å². The fourth-order valence-electron chi connectivity index (χ4n) is 3.16. The van der Waals surface area contributed by atoms with Crippen molar-refractivity contribution in [3.05, 3.63) is 70.8 Å². The molecule has 0 radical (unpaired) electrons. The standard InChI is InChI=1S/C23H22N4O5/c1-29-17-6-4-5-15(11-17)20-7-8-22(28)27(25-20)10-9-21-24-23(26-32-21)16-12-18(30-2)14-19(13-16)31-3/h4-8,11-14H,9-10H2,1-3H3. The summed E-state index contributed by atoms with van der Waals surface area (Å²) in [6.45, 7) is 0.291. The molecule has 164 valence electrons. The van der Waals surface area contributed by atoms with Gasteiger partial charge < -0.3 is 18.7 Å². The molecule has 0 atom stereocenters. The van der Waals surface area contributed by atoms with Gasteiger partial charge in [-0.2, -0.15) is 10.1 Å². The Balaban J connectivity index is 1.52. The van der Waals surface area contributed by atoms with E-state index < -0.39 is 0 Å². The van der Waals surface area contributed by atoms with Crippen LogP contribution in [0.25, 0.3) is 22.6 Å². The van der Waals surface area contributed by atoms with Gasteiger partial charge >= 0.3 is 0 Å². The molecule has 9 heteroatoms. The Morgan fingerprint density at radius 3 is 2.31 bits per heavy atom. The van der Waals surface area contributed by atoms with Crippen LogP contribution in [0, 0.1) is 0 Å². The number of ether oxygens (including phenoxy) is 3. The van der Waals surface area contributed by atoms with E-state index in [1.54, 1.807) is 45.6 Å². The molecule has 0 aliphatic heterocycles. The summed E-state index contributed by atoms with van der Waals surface area (Å²) in [6.07, 6.45) is 0.350. The first kappa shape index (κ1) is 21.1. The molecule has 0 aliphatic rings. The highest BCUT2D eigenvalue weighted by molar-refractivity contribution is 5.61. The average molecular weight is 434 g/mol. The Kier molecular flexibility index (Phi) is 6.16. The first-order valence-corrected chi connectivity index (χ1v) is 9.88. The number of methoxy groups -OCH3 is 3. The Morgan fingerprint density at radius 2 is 1.59 bits per heavy atom. The van der Waals surface area contributed by atoms with E-state index in [9.17, 15) is 4.79 Å². The highest BCUT2D eigenvalue weighted by Gasteiger charge is 2.13. The summed E-state index contributed by atoms with van der Waals surface area (Å²) in [5.41, 5.74) is 2.00. The van der Waals surface area contributed by atoms with Crippen LogP contribution >= 0.6 is 0 Å². The number of nitrogens with zero attached hydrogens (tertiary/aromatic N) is 4. The summed E-state index contributed by atoms with van der Waals surface area (Å²) in [5, 5.41) is 8.51. The highest BCUT2D eigenvalue weighted by Crippen LogP contribution is 2.28. The van der Waals surface area contributed by atoms with Crippen LogP contribution in [0.15, 0.2) is 63.9 Å². The highest BCUT2D eigenvalue weighted by atomic mass is 16.5. The van der Waals surface area contributed by atoms with Gasteiger partial charge in [0.25, 0.3) is 5.56 Å². The molecule has 0 saturated carbocycles. The van der Waals surface area contributed by atoms with Gasteiger partial charge in [0.05, 0.1) is 33.6 Å². The number of aromatic nitrogens is 4.